The molecule has 0 aliphatic heterocycles. The number of carbonyl (C=O) groups is 1. The highest BCUT2D eigenvalue weighted by atomic mass is 16.6. The van der Waals surface area contributed by atoms with Crippen LogP contribution in [0.2, 0.25) is 0 Å². The molecule has 4 N–H and O–H groups in total. The topological polar surface area (TPSA) is 106 Å². The lowest BCUT2D eigenvalue weighted by atomic mass is 10.2. The number of anilines is 2. The van der Waals surface area contributed by atoms with Gasteiger partial charge in [0, 0.05) is 19.0 Å². The fourth-order valence-corrected chi connectivity index (χ4v) is 1.73. The summed E-state index contributed by atoms with van der Waals surface area (Å²) in [6.07, 6.45) is 0.384. The Balaban J connectivity index is 1.97. The molecule has 0 aliphatic rings. The minimum absolute atomic E-state index is 0.00691. The number of fused-ring (bicyclic) bond motifs is 1. The molecule has 0 bridgehead atoms. The summed E-state index contributed by atoms with van der Waals surface area (Å²) in [7, 11) is 0. The predicted octanol–water partition coefficient (Wildman–Crippen LogP) is 1.13. The van der Waals surface area contributed by atoms with Crippen molar-refractivity contribution in [3.8, 4) is 0 Å². The maximum atomic E-state index is 11.5. The molecule has 0 saturated heterocycles. The number of rotatable bonds is 5. The van der Waals surface area contributed by atoms with E-state index in [1.165, 1.54) is 0 Å². The van der Waals surface area contributed by atoms with Crippen molar-refractivity contribution in [2.75, 3.05) is 17.6 Å². The van der Waals surface area contributed by atoms with Crippen LogP contribution in [0.25, 0.3) is 11.0 Å². The number of benzene rings is 1. The van der Waals surface area contributed by atoms with Crippen LogP contribution in [0.3, 0.4) is 0 Å². The van der Waals surface area contributed by atoms with Gasteiger partial charge in [-0.1, -0.05) is 0 Å². The Kier molecular flexibility index (Phi) is 3.84. The van der Waals surface area contributed by atoms with Gasteiger partial charge in [-0.05, 0) is 36.3 Å². The zero-order chi connectivity index (χ0) is 13.8. The summed E-state index contributed by atoms with van der Waals surface area (Å²) >= 11 is 0. The van der Waals surface area contributed by atoms with Crippen molar-refractivity contribution in [1.82, 2.24) is 15.6 Å². The number of carbonyl (C=O) groups excluding carboxylic acids is 1. The molecule has 1 aromatic heterocycles. The fraction of sp³-hybridized carbons (Fsp3) is 0.417. The summed E-state index contributed by atoms with van der Waals surface area (Å²) in [4.78, 5) is 11.5. The lowest BCUT2D eigenvalue weighted by Gasteiger charge is -2.09. The third-order valence-electron chi connectivity index (χ3n) is 2.56. The molecule has 1 aromatic carbocycles. The highest BCUT2D eigenvalue weighted by Gasteiger charge is 2.10. The Bertz CT molecular complexity index is 579. The van der Waals surface area contributed by atoms with Crippen molar-refractivity contribution >= 4 is 28.3 Å². The van der Waals surface area contributed by atoms with Crippen molar-refractivity contribution in [3.05, 3.63) is 12.1 Å². The van der Waals surface area contributed by atoms with Crippen LogP contribution in [-0.4, -0.2) is 28.8 Å². The third-order valence-corrected chi connectivity index (χ3v) is 2.56. The van der Waals surface area contributed by atoms with Crippen LogP contribution in [0.1, 0.15) is 20.3 Å². The summed E-state index contributed by atoms with van der Waals surface area (Å²) in [5.41, 5.74) is 8.11. The van der Waals surface area contributed by atoms with E-state index in [0.29, 0.717) is 29.7 Å². The number of nitrogens with zero attached hydrogens (tertiary/aromatic N) is 2. The van der Waals surface area contributed by atoms with Crippen LogP contribution in [0, 0.1) is 0 Å². The first-order valence-corrected chi connectivity index (χ1v) is 6.12. The molecule has 1 amide bonds. The van der Waals surface area contributed by atoms with Gasteiger partial charge >= 0.3 is 0 Å². The molecule has 1 heterocycles. The average molecular weight is 263 g/mol. The Morgan fingerprint density at radius 3 is 2.84 bits per heavy atom. The minimum Gasteiger partial charge on any atom is -0.397 e. The number of hydrogen-bond acceptors (Lipinski definition) is 6. The maximum absolute atomic E-state index is 11.5. The Labute approximate surface area is 110 Å². The van der Waals surface area contributed by atoms with E-state index in [1.54, 1.807) is 12.1 Å². The predicted molar refractivity (Wildman–Crippen MR) is 72.6 cm³/mol. The first-order valence-electron chi connectivity index (χ1n) is 6.12. The molecule has 0 atom stereocenters. The molecule has 2 aromatic rings. The summed E-state index contributed by atoms with van der Waals surface area (Å²) < 4.78 is 4.67. The van der Waals surface area contributed by atoms with Crippen LogP contribution in [0.5, 0.6) is 0 Å². The summed E-state index contributed by atoms with van der Waals surface area (Å²) in [5, 5.41) is 13.5. The Hall–Kier alpha value is -2.31. The van der Waals surface area contributed by atoms with Crippen LogP contribution >= 0.6 is 0 Å². The molecule has 0 aliphatic carbocycles. The van der Waals surface area contributed by atoms with Gasteiger partial charge < -0.3 is 16.4 Å². The van der Waals surface area contributed by atoms with Gasteiger partial charge in [0.15, 0.2) is 11.0 Å². The Morgan fingerprint density at radius 1 is 1.37 bits per heavy atom. The van der Waals surface area contributed by atoms with E-state index in [0.717, 1.165) is 5.69 Å². The average Bonchev–Trinajstić information content (AvgIpc) is 2.81. The van der Waals surface area contributed by atoms with Gasteiger partial charge in [0.1, 0.15) is 0 Å². The van der Waals surface area contributed by atoms with Crippen LogP contribution < -0.4 is 16.4 Å². The summed E-state index contributed by atoms with van der Waals surface area (Å²) in [5.74, 6) is 0.00691. The number of nitrogens with two attached hydrogens (primary N) is 1. The number of aromatic nitrogens is 2. The summed E-state index contributed by atoms with van der Waals surface area (Å²) in [6.45, 7) is 4.36. The normalized spacial score (nSPS) is 10.9. The van der Waals surface area contributed by atoms with Gasteiger partial charge in [-0.2, -0.15) is 0 Å². The maximum Gasteiger partial charge on any atom is 0.221 e. The molecule has 102 valence electrons. The lowest BCUT2D eigenvalue weighted by molar-refractivity contribution is -0.121. The van der Waals surface area contributed by atoms with Crippen molar-refractivity contribution in [3.63, 3.8) is 0 Å². The second-order valence-corrected chi connectivity index (χ2v) is 4.56. The van der Waals surface area contributed by atoms with E-state index in [1.807, 2.05) is 13.8 Å². The van der Waals surface area contributed by atoms with Crippen molar-refractivity contribution in [2.45, 2.75) is 26.3 Å². The first kappa shape index (κ1) is 13.1. The van der Waals surface area contributed by atoms with Crippen molar-refractivity contribution < 1.29 is 9.42 Å². The van der Waals surface area contributed by atoms with Gasteiger partial charge in [0.2, 0.25) is 5.91 Å². The second-order valence-electron chi connectivity index (χ2n) is 4.56. The van der Waals surface area contributed by atoms with Crippen molar-refractivity contribution in [2.24, 2.45) is 0 Å². The number of amides is 1. The van der Waals surface area contributed by atoms with E-state index in [-0.39, 0.29) is 11.9 Å². The molecule has 2 rings (SSSR count). The van der Waals surface area contributed by atoms with Gasteiger partial charge in [0.25, 0.3) is 0 Å². The van der Waals surface area contributed by atoms with Crippen LogP contribution in [-0.2, 0) is 4.79 Å². The molecule has 7 heteroatoms. The van der Waals surface area contributed by atoms with Crippen molar-refractivity contribution in [1.29, 1.82) is 0 Å². The molecule has 0 unspecified atom stereocenters. The quantitative estimate of drug-likeness (QED) is 0.698. The molecule has 0 spiro atoms. The van der Waals surface area contributed by atoms with Gasteiger partial charge in [-0.25, -0.2) is 4.63 Å². The lowest BCUT2D eigenvalue weighted by Crippen LogP contribution is -2.31. The van der Waals surface area contributed by atoms with E-state index >= 15 is 0 Å². The van der Waals surface area contributed by atoms with Crippen LogP contribution in [0.15, 0.2) is 16.8 Å². The van der Waals surface area contributed by atoms with E-state index < -0.39 is 0 Å². The van der Waals surface area contributed by atoms with E-state index in [9.17, 15) is 4.79 Å². The first-order chi connectivity index (χ1) is 9.08. The molecule has 0 fully saturated rings. The smallest absolute Gasteiger partial charge is 0.221 e. The highest BCUT2D eigenvalue weighted by molar-refractivity contribution is 5.95. The summed E-state index contributed by atoms with van der Waals surface area (Å²) in [6, 6.07) is 3.67. The fourth-order valence-electron chi connectivity index (χ4n) is 1.73. The van der Waals surface area contributed by atoms with E-state index in [4.69, 9.17) is 5.73 Å². The number of hydrogen-bond donors (Lipinski definition) is 3. The zero-order valence-corrected chi connectivity index (χ0v) is 10.9. The number of nitrogen functional groups attached to an aromatic ring is 1. The highest BCUT2D eigenvalue weighted by Crippen LogP contribution is 2.24. The molecule has 0 radical (unpaired) electrons. The molecular weight excluding hydrogens is 246 g/mol. The molecule has 7 nitrogen and oxygen atoms in total. The monoisotopic (exact) mass is 263 g/mol. The standard InChI is InChI=1S/C12H17N5O2/c1-7(2)15-10(18)5-6-14-9-4-3-8(13)11-12(9)17-19-16-11/h3-4,7,14H,5-6,13H2,1-2H3,(H,15,18). The Morgan fingerprint density at radius 2 is 2.11 bits per heavy atom. The van der Waals surface area contributed by atoms with E-state index in [2.05, 4.69) is 25.6 Å². The van der Waals surface area contributed by atoms with Gasteiger partial charge in [-0.15, -0.1) is 0 Å². The SMILES string of the molecule is CC(C)NC(=O)CCNc1ccc(N)c2nonc12. The second kappa shape index (κ2) is 5.55. The number of nitrogens with one attached hydrogen (secondary N) is 2. The zero-order valence-electron chi connectivity index (χ0n) is 10.9. The third kappa shape index (κ3) is 3.12. The van der Waals surface area contributed by atoms with Crippen LogP contribution in [0.4, 0.5) is 11.4 Å². The molecular formula is C12H17N5O2. The minimum atomic E-state index is 0.00691. The van der Waals surface area contributed by atoms with Gasteiger partial charge in [-0.3, -0.25) is 4.79 Å². The molecule has 0 saturated carbocycles. The molecule has 19 heavy (non-hydrogen) atoms. The largest absolute Gasteiger partial charge is 0.397 e. The van der Waals surface area contributed by atoms with Gasteiger partial charge in [0.05, 0.1) is 11.4 Å².